The molecule has 0 aromatic heterocycles. The van der Waals surface area contributed by atoms with E-state index in [1.54, 1.807) is 6.07 Å². The van der Waals surface area contributed by atoms with E-state index in [-0.39, 0.29) is 17.3 Å². The molecule has 1 N–H and O–H groups in total. The second-order valence-corrected chi connectivity index (χ2v) is 6.03. The monoisotopic (exact) mass is 265 g/mol. The van der Waals surface area contributed by atoms with Gasteiger partial charge in [0.1, 0.15) is 17.7 Å². The Morgan fingerprint density at radius 2 is 2.21 bits per heavy atom. The van der Waals surface area contributed by atoms with Gasteiger partial charge in [-0.1, -0.05) is 26.8 Å². The predicted molar refractivity (Wildman–Crippen MR) is 75.9 cm³/mol. The number of hydrogen-bond acceptors (Lipinski definition) is 2. The summed E-state index contributed by atoms with van der Waals surface area (Å²) in [6.45, 7) is 7.60. The maximum Gasteiger partial charge on any atom is 0.126 e. The van der Waals surface area contributed by atoms with E-state index in [9.17, 15) is 4.39 Å². The lowest BCUT2D eigenvalue weighted by atomic mass is 9.71. The van der Waals surface area contributed by atoms with Gasteiger partial charge in [-0.2, -0.15) is 0 Å². The fraction of sp³-hybridized carbons (Fsp3) is 0.625. The number of benzene rings is 1. The molecule has 2 nitrogen and oxygen atoms in total. The van der Waals surface area contributed by atoms with Gasteiger partial charge in [0.15, 0.2) is 0 Å². The van der Waals surface area contributed by atoms with E-state index in [2.05, 4.69) is 26.1 Å². The molecule has 0 saturated heterocycles. The highest BCUT2D eigenvalue weighted by molar-refractivity contribution is 5.23. The molecule has 0 spiro atoms. The van der Waals surface area contributed by atoms with Crippen molar-refractivity contribution in [2.24, 2.45) is 5.41 Å². The highest BCUT2D eigenvalue weighted by atomic mass is 19.1. The number of nitrogens with one attached hydrogen (secondary N) is 1. The number of halogens is 1. The number of hydrogen-bond donors (Lipinski definition) is 1. The normalized spacial score (nSPS) is 26.1. The summed E-state index contributed by atoms with van der Waals surface area (Å²) in [6.07, 6.45) is 3.51. The van der Waals surface area contributed by atoms with Crippen LogP contribution in [0.25, 0.3) is 0 Å². The van der Waals surface area contributed by atoms with Gasteiger partial charge < -0.3 is 10.1 Å². The molecule has 106 valence electrons. The Kier molecular flexibility index (Phi) is 4.46. The van der Waals surface area contributed by atoms with E-state index >= 15 is 0 Å². The molecule has 1 aliphatic rings. The third kappa shape index (κ3) is 3.47. The Morgan fingerprint density at radius 3 is 2.89 bits per heavy atom. The van der Waals surface area contributed by atoms with Gasteiger partial charge in [-0.3, -0.25) is 0 Å². The highest BCUT2D eigenvalue weighted by Gasteiger charge is 2.39. The molecule has 1 aromatic rings. The van der Waals surface area contributed by atoms with Gasteiger partial charge in [-0.05, 0) is 43.4 Å². The van der Waals surface area contributed by atoms with Crippen molar-refractivity contribution in [3.05, 3.63) is 30.1 Å². The van der Waals surface area contributed by atoms with Crippen molar-refractivity contribution in [2.45, 2.75) is 52.2 Å². The van der Waals surface area contributed by atoms with Crippen LogP contribution < -0.4 is 10.1 Å². The third-order valence-electron chi connectivity index (χ3n) is 4.03. The molecule has 0 heterocycles. The molecule has 1 aliphatic carbocycles. The fourth-order valence-corrected chi connectivity index (χ4v) is 3.05. The van der Waals surface area contributed by atoms with Crippen LogP contribution in [0.4, 0.5) is 4.39 Å². The zero-order valence-corrected chi connectivity index (χ0v) is 12.1. The molecule has 2 atom stereocenters. The Labute approximate surface area is 115 Å². The summed E-state index contributed by atoms with van der Waals surface area (Å²) in [7, 11) is 0. The fourth-order valence-electron chi connectivity index (χ4n) is 3.05. The smallest absolute Gasteiger partial charge is 0.126 e. The average molecular weight is 265 g/mol. The molecular formula is C16H24FNO. The van der Waals surface area contributed by atoms with Crippen molar-refractivity contribution in [1.29, 1.82) is 0 Å². The molecule has 2 rings (SSSR count). The van der Waals surface area contributed by atoms with Gasteiger partial charge in [0.05, 0.1) is 0 Å². The first kappa shape index (κ1) is 14.3. The van der Waals surface area contributed by atoms with E-state index in [1.165, 1.54) is 18.6 Å². The van der Waals surface area contributed by atoms with Crippen LogP contribution in [-0.4, -0.2) is 18.7 Å². The van der Waals surface area contributed by atoms with E-state index in [0.29, 0.717) is 11.8 Å². The van der Waals surface area contributed by atoms with Crippen molar-refractivity contribution in [3.63, 3.8) is 0 Å². The lowest BCUT2D eigenvalue weighted by molar-refractivity contribution is 0.0371. The van der Waals surface area contributed by atoms with Crippen molar-refractivity contribution >= 4 is 0 Å². The molecule has 0 radical (unpaired) electrons. The summed E-state index contributed by atoms with van der Waals surface area (Å²) >= 11 is 0. The SMILES string of the molecule is CCNC1C(Oc2cccc(F)c2)CCCC1(C)C. The quantitative estimate of drug-likeness (QED) is 0.895. The Hall–Kier alpha value is -1.09. The highest BCUT2D eigenvalue weighted by Crippen LogP contribution is 2.37. The first-order valence-electron chi connectivity index (χ1n) is 7.18. The molecule has 0 amide bonds. The topological polar surface area (TPSA) is 21.3 Å². The van der Waals surface area contributed by atoms with Gasteiger partial charge in [0, 0.05) is 12.1 Å². The maximum atomic E-state index is 13.2. The molecule has 1 saturated carbocycles. The number of rotatable bonds is 4. The summed E-state index contributed by atoms with van der Waals surface area (Å²) in [5, 5.41) is 3.54. The standard InChI is InChI=1S/C16H24FNO/c1-4-18-15-14(9-6-10-16(15,2)3)19-13-8-5-7-12(17)11-13/h5,7-8,11,14-15,18H,4,6,9-10H2,1-3H3. The summed E-state index contributed by atoms with van der Waals surface area (Å²) in [5.41, 5.74) is 0.215. The van der Waals surface area contributed by atoms with Gasteiger partial charge in [-0.15, -0.1) is 0 Å². The lowest BCUT2D eigenvalue weighted by Gasteiger charge is -2.44. The van der Waals surface area contributed by atoms with Crippen LogP contribution in [0, 0.1) is 11.2 Å². The molecular weight excluding hydrogens is 241 g/mol. The first-order valence-corrected chi connectivity index (χ1v) is 7.18. The second kappa shape index (κ2) is 5.91. The van der Waals surface area contributed by atoms with Crippen molar-refractivity contribution < 1.29 is 9.13 Å². The zero-order chi connectivity index (χ0) is 13.9. The number of likely N-dealkylation sites (N-methyl/N-ethyl adjacent to an activating group) is 1. The summed E-state index contributed by atoms with van der Waals surface area (Å²) in [4.78, 5) is 0. The summed E-state index contributed by atoms with van der Waals surface area (Å²) < 4.78 is 19.3. The van der Waals surface area contributed by atoms with Gasteiger partial charge >= 0.3 is 0 Å². The van der Waals surface area contributed by atoms with E-state index in [0.717, 1.165) is 19.4 Å². The molecule has 2 unspecified atom stereocenters. The van der Waals surface area contributed by atoms with Gasteiger partial charge in [0.25, 0.3) is 0 Å². The van der Waals surface area contributed by atoms with E-state index in [4.69, 9.17) is 4.74 Å². The van der Waals surface area contributed by atoms with E-state index < -0.39 is 0 Å². The minimum absolute atomic E-state index is 0.116. The minimum Gasteiger partial charge on any atom is -0.489 e. The van der Waals surface area contributed by atoms with Crippen LogP contribution in [0.15, 0.2) is 24.3 Å². The summed E-state index contributed by atoms with van der Waals surface area (Å²) in [5.74, 6) is 0.387. The average Bonchev–Trinajstić information content (AvgIpc) is 2.33. The van der Waals surface area contributed by atoms with Crippen LogP contribution in [-0.2, 0) is 0 Å². The number of ether oxygens (including phenoxy) is 1. The van der Waals surface area contributed by atoms with E-state index in [1.807, 2.05) is 6.07 Å². The largest absolute Gasteiger partial charge is 0.489 e. The van der Waals surface area contributed by atoms with Gasteiger partial charge in [0.2, 0.25) is 0 Å². The van der Waals surface area contributed by atoms with Crippen LogP contribution >= 0.6 is 0 Å². The second-order valence-electron chi connectivity index (χ2n) is 6.03. The predicted octanol–water partition coefficient (Wildman–Crippen LogP) is 3.76. The van der Waals surface area contributed by atoms with Crippen LogP contribution in [0.3, 0.4) is 0 Å². The van der Waals surface area contributed by atoms with Crippen molar-refractivity contribution in [2.75, 3.05) is 6.54 Å². The van der Waals surface area contributed by atoms with Crippen molar-refractivity contribution in [3.8, 4) is 5.75 Å². The Morgan fingerprint density at radius 1 is 1.42 bits per heavy atom. The molecule has 19 heavy (non-hydrogen) atoms. The molecule has 0 bridgehead atoms. The minimum atomic E-state index is -0.243. The molecule has 3 heteroatoms. The van der Waals surface area contributed by atoms with Crippen LogP contribution in [0.1, 0.15) is 40.0 Å². The van der Waals surface area contributed by atoms with Crippen molar-refractivity contribution in [1.82, 2.24) is 5.32 Å². The molecule has 1 fully saturated rings. The Bertz CT molecular complexity index is 419. The summed E-state index contributed by atoms with van der Waals surface area (Å²) in [6, 6.07) is 6.74. The maximum absolute atomic E-state index is 13.2. The molecule has 1 aromatic carbocycles. The zero-order valence-electron chi connectivity index (χ0n) is 12.1. The lowest BCUT2D eigenvalue weighted by Crippen LogP contribution is -2.54. The first-order chi connectivity index (χ1) is 9.03. The van der Waals surface area contributed by atoms with Gasteiger partial charge in [-0.25, -0.2) is 4.39 Å². The Balaban J connectivity index is 2.12. The van der Waals surface area contributed by atoms with Crippen LogP contribution in [0.5, 0.6) is 5.75 Å². The molecule has 0 aliphatic heterocycles. The van der Waals surface area contributed by atoms with Crippen LogP contribution in [0.2, 0.25) is 0 Å². The third-order valence-corrected chi connectivity index (χ3v) is 4.03.